The van der Waals surface area contributed by atoms with Crippen molar-refractivity contribution in [2.45, 2.75) is 6.61 Å². The van der Waals surface area contributed by atoms with Crippen LogP contribution >= 0.6 is 0 Å². The van der Waals surface area contributed by atoms with Crippen molar-refractivity contribution in [3.05, 3.63) is 65.7 Å². The van der Waals surface area contributed by atoms with Gasteiger partial charge in [0.05, 0.1) is 13.2 Å². The van der Waals surface area contributed by atoms with E-state index < -0.39 is 0 Å². The van der Waals surface area contributed by atoms with Gasteiger partial charge in [0, 0.05) is 11.3 Å². The van der Waals surface area contributed by atoms with Gasteiger partial charge in [-0.2, -0.15) is 0 Å². The second kappa shape index (κ2) is 7.21. The molecule has 5 heteroatoms. The van der Waals surface area contributed by atoms with Crippen molar-refractivity contribution in [3.8, 4) is 0 Å². The Morgan fingerprint density at radius 2 is 1.62 bits per heavy atom. The van der Waals surface area contributed by atoms with Crippen LogP contribution in [0.15, 0.2) is 54.6 Å². The molecule has 5 nitrogen and oxygen atoms in total. The second-order valence-corrected chi connectivity index (χ2v) is 4.45. The zero-order chi connectivity index (χ0) is 15.1. The maximum atomic E-state index is 11.8. The molecule has 0 fully saturated rings. The summed E-state index contributed by atoms with van der Waals surface area (Å²) in [4.78, 5) is 23.5. The average Bonchev–Trinajstić information content (AvgIpc) is 2.54. The zero-order valence-electron chi connectivity index (χ0n) is 11.4. The lowest BCUT2D eigenvalue weighted by Crippen LogP contribution is -2.32. The van der Waals surface area contributed by atoms with Crippen LogP contribution in [0, 0.1) is 0 Å². The van der Waals surface area contributed by atoms with Gasteiger partial charge in [-0.1, -0.05) is 30.3 Å². The molecule has 0 spiro atoms. The first kappa shape index (κ1) is 14.7. The zero-order valence-corrected chi connectivity index (χ0v) is 11.4. The van der Waals surface area contributed by atoms with Crippen LogP contribution in [-0.4, -0.2) is 23.5 Å². The first-order valence-corrected chi connectivity index (χ1v) is 6.52. The van der Waals surface area contributed by atoms with E-state index in [2.05, 4.69) is 10.6 Å². The Hall–Kier alpha value is -2.66. The van der Waals surface area contributed by atoms with Crippen LogP contribution in [0.5, 0.6) is 0 Å². The summed E-state index contributed by atoms with van der Waals surface area (Å²) in [5.74, 6) is -0.600. The van der Waals surface area contributed by atoms with E-state index in [0.717, 1.165) is 5.56 Å². The van der Waals surface area contributed by atoms with Crippen LogP contribution in [0.25, 0.3) is 0 Å². The number of nitrogens with one attached hydrogen (secondary N) is 2. The number of rotatable bonds is 5. The molecule has 0 aliphatic rings. The molecule has 0 unspecified atom stereocenters. The molecule has 2 rings (SSSR count). The Labute approximate surface area is 122 Å². The van der Waals surface area contributed by atoms with E-state index in [9.17, 15) is 9.59 Å². The molecule has 108 valence electrons. The summed E-state index contributed by atoms with van der Waals surface area (Å²) in [6.45, 7) is -0.142. The minimum atomic E-state index is -0.309. The van der Waals surface area contributed by atoms with Gasteiger partial charge in [-0.3, -0.25) is 9.59 Å². The van der Waals surface area contributed by atoms with Gasteiger partial charge in [0.25, 0.3) is 5.91 Å². The van der Waals surface area contributed by atoms with Gasteiger partial charge in [-0.05, 0) is 29.8 Å². The highest BCUT2D eigenvalue weighted by atomic mass is 16.3. The number of hydrogen-bond donors (Lipinski definition) is 3. The minimum absolute atomic E-state index is 0.0403. The first-order chi connectivity index (χ1) is 10.2. The monoisotopic (exact) mass is 284 g/mol. The molecular weight excluding hydrogens is 268 g/mol. The number of anilines is 1. The molecule has 21 heavy (non-hydrogen) atoms. The smallest absolute Gasteiger partial charge is 0.251 e. The number of aliphatic hydroxyl groups excluding tert-OH is 1. The first-order valence-electron chi connectivity index (χ1n) is 6.52. The molecule has 2 aromatic rings. The van der Waals surface area contributed by atoms with Crippen molar-refractivity contribution in [1.29, 1.82) is 0 Å². The summed E-state index contributed by atoms with van der Waals surface area (Å²) in [5.41, 5.74) is 1.90. The van der Waals surface area contributed by atoms with Crippen molar-refractivity contribution >= 4 is 17.5 Å². The summed E-state index contributed by atoms with van der Waals surface area (Å²) < 4.78 is 0. The van der Waals surface area contributed by atoms with Crippen LogP contribution < -0.4 is 10.6 Å². The maximum absolute atomic E-state index is 11.8. The Morgan fingerprint density at radius 3 is 2.24 bits per heavy atom. The predicted molar refractivity (Wildman–Crippen MR) is 79.8 cm³/mol. The Balaban J connectivity index is 1.83. The maximum Gasteiger partial charge on any atom is 0.251 e. The molecule has 0 aliphatic carbocycles. The van der Waals surface area contributed by atoms with Crippen molar-refractivity contribution in [2.75, 3.05) is 11.9 Å². The molecule has 2 aromatic carbocycles. The van der Waals surface area contributed by atoms with Gasteiger partial charge in [0.1, 0.15) is 0 Å². The Kier molecular flexibility index (Phi) is 5.06. The summed E-state index contributed by atoms with van der Waals surface area (Å²) in [7, 11) is 0. The van der Waals surface area contributed by atoms with E-state index in [0.29, 0.717) is 11.3 Å². The number of aliphatic hydroxyl groups is 1. The Morgan fingerprint density at radius 1 is 0.952 bits per heavy atom. The standard InChI is InChI=1S/C16H16N2O3/c19-11-12-6-8-14(9-7-12)18-15(20)10-17-16(21)13-4-2-1-3-5-13/h1-9,19H,10-11H2,(H,17,21)(H,18,20). The molecule has 0 radical (unpaired) electrons. The van der Waals surface area contributed by atoms with Crippen LogP contribution in [0.4, 0.5) is 5.69 Å². The lowest BCUT2D eigenvalue weighted by Gasteiger charge is -2.07. The van der Waals surface area contributed by atoms with E-state index in [1.54, 1.807) is 48.5 Å². The average molecular weight is 284 g/mol. The normalized spacial score (nSPS) is 9.95. The predicted octanol–water partition coefficient (Wildman–Crippen LogP) is 1.55. The van der Waals surface area contributed by atoms with Crippen LogP contribution in [0.2, 0.25) is 0 Å². The molecule has 2 amide bonds. The summed E-state index contributed by atoms with van der Waals surface area (Å²) in [6, 6.07) is 15.5. The molecule has 0 bridgehead atoms. The molecule has 0 atom stereocenters. The van der Waals surface area contributed by atoms with Crippen molar-refractivity contribution in [1.82, 2.24) is 5.32 Å². The molecule has 0 heterocycles. The molecule has 0 aliphatic heterocycles. The van der Waals surface area contributed by atoms with E-state index in [1.807, 2.05) is 6.07 Å². The van der Waals surface area contributed by atoms with E-state index in [1.165, 1.54) is 0 Å². The third-order valence-electron chi connectivity index (χ3n) is 2.87. The molecular formula is C16H16N2O3. The number of amides is 2. The van der Waals surface area contributed by atoms with Crippen molar-refractivity contribution in [3.63, 3.8) is 0 Å². The Bertz CT molecular complexity index is 609. The van der Waals surface area contributed by atoms with E-state index in [-0.39, 0.29) is 25.0 Å². The molecule has 3 N–H and O–H groups in total. The van der Waals surface area contributed by atoms with Gasteiger partial charge >= 0.3 is 0 Å². The lowest BCUT2D eigenvalue weighted by atomic mass is 10.2. The SMILES string of the molecule is O=C(CNC(=O)c1ccccc1)Nc1ccc(CO)cc1. The van der Waals surface area contributed by atoms with Crippen LogP contribution in [-0.2, 0) is 11.4 Å². The van der Waals surface area contributed by atoms with E-state index >= 15 is 0 Å². The molecule has 0 saturated carbocycles. The third-order valence-corrected chi connectivity index (χ3v) is 2.87. The van der Waals surface area contributed by atoms with E-state index in [4.69, 9.17) is 5.11 Å². The minimum Gasteiger partial charge on any atom is -0.392 e. The van der Waals surface area contributed by atoms with Crippen LogP contribution in [0.3, 0.4) is 0 Å². The summed E-state index contributed by atoms with van der Waals surface area (Å²) in [5, 5.41) is 14.1. The van der Waals surface area contributed by atoms with Crippen LogP contribution in [0.1, 0.15) is 15.9 Å². The fourth-order valence-electron chi connectivity index (χ4n) is 1.75. The topological polar surface area (TPSA) is 78.4 Å². The van der Waals surface area contributed by atoms with Gasteiger partial charge in [-0.25, -0.2) is 0 Å². The van der Waals surface area contributed by atoms with Gasteiger partial charge in [0.15, 0.2) is 0 Å². The van der Waals surface area contributed by atoms with Crippen molar-refractivity contribution < 1.29 is 14.7 Å². The highest BCUT2D eigenvalue weighted by molar-refractivity contribution is 5.99. The fourth-order valence-corrected chi connectivity index (χ4v) is 1.75. The molecule has 0 aromatic heterocycles. The molecule has 0 saturated heterocycles. The highest BCUT2D eigenvalue weighted by Gasteiger charge is 2.07. The quantitative estimate of drug-likeness (QED) is 0.779. The highest BCUT2D eigenvalue weighted by Crippen LogP contribution is 2.09. The third kappa shape index (κ3) is 4.43. The number of carbonyl (C=O) groups is 2. The number of hydrogen-bond acceptors (Lipinski definition) is 3. The van der Waals surface area contributed by atoms with Crippen molar-refractivity contribution in [2.24, 2.45) is 0 Å². The van der Waals surface area contributed by atoms with Gasteiger partial charge < -0.3 is 15.7 Å². The lowest BCUT2D eigenvalue weighted by molar-refractivity contribution is -0.115. The number of benzene rings is 2. The van der Waals surface area contributed by atoms with Gasteiger partial charge in [-0.15, -0.1) is 0 Å². The summed E-state index contributed by atoms with van der Waals surface area (Å²) in [6.07, 6.45) is 0. The fraction of sp³-hybridized carbons (Fsp3) is 0.125. The second-order valence-electron chi connectivity index (χ2n) is 4.45. The summed E-state index contributed by atoms with van der Waals surface area (Å²) >= 11 is 0. The van der Waals surface area contributed by atoms with Gasteiger partial charge in [0.2, 0.25) is 5.91 Å². The largest absolute Gasteiger partial charge is 0.392 e. The number of carbonyl (C=O) groups excluding carboxylic acids is 2.